The number of hydrogen-bond acceptors (Lipinski definition) is 5. The lowest BCUT2D eigenvalue weighted by Gasteiger charge is -2.18. The minimum Gasteiger partial charge on any atom is -0.444 e. The van der Waals surface area contributed by atoms with Gasteiger partial charge >= 0.3 is 5.97 Å². The summed E-state index contributed by atoms with van der Waals surface area (Å²) in [6.07, 6.45) is -1.59. The van der Waals surface area contributed by atoms with Gasteiger partial charge in [0.25, 0.3) is 11.6 Å². The van der Waals surface area contributed by atoms with E-state index in [2.05, 4.69) is 5.32 Å². The molecule has 0 aromatic heterocycles. The van der Waals surface area contributed by atoms with Gasteiger partial charge in [0.1, 0.15) is 22.2 Å². The van der Waals surface area contributed by atoms with Crippen molar-refractivity contribution >= 4 is 34.9 Å². The van der Waals surface area contributed by atoms with Gasteiger partial charge in [-0.15, -0.1) is 0 Å². The Morgan fingerprint density at radius 1 is 1.00 bits per heavy atom. The van der Waals surface area contributed by atoms with Crippen molar-refractivity contribution in [2.24, 2.45) is 0 Å². The van der Waals surface area contributed by atoms with Crippen molar-refractivity contribution in [1.82, 2.24) is 0 Å². The highest BCUT2D eigenvalue weighted by atomic mass is 35.5. The maximum absolute atomic E-state index is 13.9. The number of nitro benzene ring substituents is 1. The number of carbonyl (C=O) groups excluding carboxylic acids is 2. The lowest BCUT2D eigenvalue weighted by molar-refractivity contribution is -0.384. The summed E-state index contributed by atoms with van der Waals surface area (Å²) < 4.78 is 33.0. The number of nitro groups is 1. The van der Waals surface area contributed by atoms with Crippen LogP contribution >= 0.6 is 11.6 Å². The van der Waals surface area contributed by atoms with E-state index in [-0.39, 0.29) is 16.3 Å². The Hall–Kier alpha value is -3.85. The predicted octanol–water partition coefficient (Wildman–Crippen LogP) is 5.06. The Kier molecular flexibility index (Phi) is 6.56. The number of rotatable bonds is 6. The molecule has 0 aliphatic carbocycles. The molecule has 0 fully saturated rings. The highest BCUT2D eigenvalue weighted by Gasteiger charge is 2.29. The maximum atomic E-state index is 13.9. The third-order valence-corrected chi connectivity index (χ3v) is 4.46. The second kappa shape index (κ2) is 9.31. The molecule has 0 bridgehead atoms. The van der Waals surface area contributed by atoms with E-state index < -0.39 is 45.8 Å². The number of nitrogens with one attached hydrogen (secondary N) is 1. The van der Waals surface area contributed by atoms with Crippen LogP contribution in [0.1, 0.15) is 22.0 Å². The van der Waals surface area contributed by atoms with Gasteiger partial charge in [-0.2, -0.15) is 0 Å². The number of hydrogen-bond donors (Lipinski definition) is 1. The molecule has 31 heavy (non-hydrogen) atoms. The molecule has 158 valence electrons. The van der Waals surface area contributed by atoms with E-state index in [1.165, 1.54) is 24.3 Å². The zero-order valence-electron chi connectivity index (χ0n) is 15.6. The predicted molar refractivity (Wildman–Crippen MR) is 108 cm³/mol. The molecule has 3 aromatic carbocycles. The van der Waals surface area contributed by atoms with Crippen molar-refractivity contribution < 1.29 is 28.0 Å². The quantitative estimate of drug-likeness (QED) is 0.324. The molecule has 3 aromatic rings. The zero-order chi connectivity index (χ0) is 22.5. The van der Waals surface area contributed by atoms with E-state index in [1.807, 2.05) is 0 Å². The van der Waals surface area contributed by atoms with Gasteiger partial charge < -0.3 is 10.1 Å². The topological polar surface area (TPSA) is 98.5 Å². The van der Waals surface area contributed by atoms with Crippen LogP contribution in [0.4, 0.5) is 20.2 Å². The largest absolute Gasteiger partial charge is 0.444 e. The Balaban J connectivity index is 1.91. The van der Waals surface area contributed by atoms with Crippen molar-refractivity contribution in [1.29, 1.82) is 0 Å². The Morgan fingerprint density at radius 2 is 1.65 bits per heavy atom. The molecular formula is C21H13ClF2N2O5. The first-order valence-electron chi connectivity index (χ1n) is 8.72. The number of carbonyl (C=O) groups is 2. The molecule has 0 spiro atoms. The van der Waals surface area contributed by atoms with Gasteiger partial charge in [-0.05, 0) is 24.3 Å². The number of benzene rings is 3. The number of ether oxygens (including phenoxy) is 1. The molecule has 0 heterocycles. The Labute approximate surface area is 179 Å². The third-order valence-electron chi connectivity index (χ3n) is 4.14. The number of anilines is 1. The molecule has 0 saturated heterocycles. The van der Waals surface area contributed by atoms with Crippen LogP contribution in [0.25, 0.3) is 0 Å². The van der Waals surface area contributed by atoms with E-state index in [0.29, 0.717) is 0 Å². The Morgan fingerprint density at radius 3 is 2.26 bits per heavy atom. The minimum absolute atomic E-state index is 0.00940. The van der Waals surface area contributed by atoms with Gasteiger partial charge in [-0.25, -0.2) is 13.6 Å². The van der Waals surface area contributed by atoms with Crippen molar-refractivity contribution in [2.45, 2.75) is 6.10 Å². The average Bonchev–Trinajstić information content (AvgIpc) is 2.73. The first kappa shape index (κ1) is 21.8. The van der Waals surface area contributed by atoms with Crippen LogP contribution in [-0.4, -0.2) is 16.8 Å². The number of esters is 1. The first-order valence-corrected chi connectivity index (χ1v) is 9.10. The molecule has 7 nitrogen and oxygen atoms in total. The smallest absolute Gasteiger partial charge is 0.345 e. The van der Waals surface area contributed by atoms with Crippen LogP contribution < -0.4 is 5.32 Å². The summed E-state index contributed by atoms with van der Waals surface area (Å²) in [5.74, 6) is -4.58. The summed E-state index contributed by atoms with van der Waals surface area (Å²) in [6, 6.07) is 14.1. The summed E-state index contributed by atoms with van der Waals surface area (Å²) in [5.41, 5.74) is -1.16. The fourth-order valence-corrected chi connectivity index (χ4v) is 2.88. The zero-order valence-corrected chi connectivity index (χ0v) is 16.3. The molecule has 0 aliphatic rings. The number of nitrogens with zero attached hydrogens (tertiary/aromatic N) is 1. The number of halogens is 3. The maximum Gasteiger partial charge on any atom is 0.345 e. The highest BCUT2D eigenvalue weighted by molar-refractivity contribution is 6.32. The van der Waals surface area contributed by atoms with E-state index in [4.69, 9.17) is 16.3 Å². The molecule has 3 rings (SSSR count). The molecular weight excluding hydrogens is 434 g/mol. The second-order valence-electron chi connectivity index (χ2n) is 6.21. The van der Waals surface area contributed by atoms with Crippen molar-refractivity contribution in [3.63, 3.8) is 0 Å². The summed E-state index contributed by atoms with van der Waals surface area (Å²) in [7, 11) is 0. The molecule has 1 atom stereocenters. The second-order valence-corrected chi connectivity index (χ2v) is 6.61. The van der Waals surface area contributed by atoms with Crippen LogP contribution in [0.15, 0.2) is 66.7 Å². The molecule has 10 heteroatoms. The van der Waals surface area contributed by atoms with Crippen molar-refractivity contribution in [3.8, 4) is 0 Å². The van der Waals surface area contributed by atoms with Gasteiger partial charge in [0.05, 0.1) is 4.92 Å². The van der Waals surface area contributed by atoms with Crippen LogP contribution in [0.5, 0.6) is 0 Å². The van der Waals surface area contributed by atoms with Gasteiger partial charge in [0.15, 0.2) is 0 Å². The van der Waals surface area contributed by atoms with Crippen molar-refractivity contribution in [3.05, 3.63) is 105 Å². The van der Waals surface area contributed by atoms with Gasteiger partial charge in [-0.3, -0.25) is 14.9 Å². The summed E-state index contributed by atoms with van der Waals surface area (Å²) >= 11 is 5.76. The van der Waals surface area contributed by atoms with E-state index >= 15 is 0 Å². The van der Waals surface area contributed by atoms with Gasteiger partial charge in [0.2, 0.25) is 6.10 Å². The van der Waals surface area contributed by atoms with Crippen LogP contribution in [-0.2, 0) is 9.53 Å². The Bertz CT molecular complexity index is 1140. The highest BCUT2D eigenvalue weighted by Crippen LogP contribution is 2.29. The standard InChI is InChI=1S/C21H13ClF2N2O5/c22-14-10-9-13(11-17(14)26(29)30)25-20(27)19(12-5-2-1-3-6-12)31-21(28)18-15(23)7-4-8-16(18)24/h1-11,19H,(H,25,27)/t19-/m0/s1. The third kappa shape index (κ3) is 5.01. The summed E-state index contributed by atoms with van der Waals surface area (Å²) in [4.78, 5) is 35.6. The van der Waals surface area contributed by atoms with Crippen LogP contribution in [0.2, 0.25) is 5.02 Å². The fraction of sp³-hybridized carbons (Fsp3) is 0.0476. The average molecular weight is 447 g/mol. The monoisotopic (exact) mass is 446 g/mol. The summed E-state index contributed by atoms with van der Waals surface area (Å²) in [6.45, 7) is 0. The van der Waals surface area contributed by atoms with E-state index in [0.717, 1.165) is 24.3 Å². The first-order chi connectivity index (χ1) is 14.8. The minimum atomic E-state index is -1.59. The van der Waals surface area contributed by atoms with Gasteiger partial charge in [-0.1, -0.05) is 48.0 Å². The van der Waals surface area contributed by atoms with E-state index in [9.17, 15) is 28.5 Å². The number of amides is 1. The molecule has 0 radical (unpaired) electrons. The fourth-order valence-electron chi connectivity index (χ4n) is 2.70. The summed E-state index contributed by atoms with van der Waals surface area (Å²) in [5, 5.41) is 13.3. The molecule has 1 N–H and O–H groups in total. The molecule has 1 amide bonds. The normalized spacial score (nSPS) is 11.5. The van der Waals surface area contributed by atoms with Crippen molar-refractivity contribution in [2.75, 3.05) is 5.32 Å². The lowest BCUT2D eigenvalue weighted by Crippen LogP contribution is -2.26. The lowest BCUT2D eigenvalue weighted by atomic mass is 10.1. The van der Waals surface area contributed by atoms with Crippen LogP contribution in [0.3, 0.4) is 0 Å². The molecule has 0 aliphatic heterocycles. The molecule has 0 unspecified atom stereocenters. The molecule has 0 saturated carbocycles. The van der Waals surface area contributed by atoms with Crippen LogP contribution in [0, 0.1) is 21.7 Å². The van der Waals surface area contributed by atoms with Gasteiger partial charge in [0, 0.05) is 17.3 Å². The van der Waals surface area contributed by atoms with E-state index in [1.54, 1.807) is 18.2 Å². The SMILES string of the molecule is O=C(O[C@H](C(=O)Nc1ccc(Cl)c([N+](=O)[O-])c1)c1ccccc1)c1c(F)cccc1F.